The molecule has 38 heavy (non-hydrogen) atoms. The van der Waals surface area contributed by atoms with Gasteiger partial charge in [-0.05, 0) is 72.6 Å². The van der Waals surface area contributed by atoms with E-state index >= 15 is 0 Å². The number of carbonyl (C=O) groups is 2. The van der Waals surface area contributed by atoms with E-state index < -0.39 is 17.9 Å². The van der Waals surface area contributed by atoms with E-state index in [4.69, 9.17) is 9.47 Å². The number of carboxylic acids is 1. The van der Waals surface area contributed by atoms with Crippen LogP contribution in [0.2, 0.25) is 0 Å². The van der Waals surface area contributed by atoms with E-state index in [-0.39, 0.29) is 18.7 Å². The third-order valence-corrected chi connectivity index (χ3v) is 6.11. The Kier molecular flexibility index (Phi) is 8.06. The molecule has 0 aliphatic rings. The zero-order chi connectivity index (χ0) is 27.2. The first-order chi connectivity index (χ1) is 18.3. The molecule has 0 saturated carbocycles. The van der Waals surface area contributed by atoms with Gasteiger partial charge in [0.1, 0.15) is 17.3 Å². The molecular weight excluding hydrogens is 489 g/mol. The molecule has 0 spiro atoms. The molecule has 4 rings (SSSR count). The van der Waals surface area contributed by atoms with Gasteiger partial charge < -0.3 is 19.9 Å². The number of aryl methyl sites for hydroxylation is 2. The normalized spacial score (nSPS) is 11.6. The number of carboxylic acid groups (broad SMARTS) is 1. The molecule has 0 bridgehead atoms. The Balaban J connectivity index is 1.54. The topological polar surface area (TPSA) is 103 Å². The Morgan fingerprint density at radius 1 is 1.03 bits per heavy atom. The number of aliphatic carboxylic acids is 1. The number of aromatic nitrogens is 2. The van der Waals surface area contributed by atoms with Crippen LogP contribution in [0.5, 0.6) is 11.5 Å². The summed E-state index contributed by atoms with van der Waals surface area (Å²) in [6.07, 6.45) is 0.270. The number of hydrogen-bond acceptors (Lipinski definition) is 5. The van der Waals surface area contributed by atoms with Crippen molar-refractivity contribution in [3.63, 3.8) is 0 Å². The monoisotopic (exact) mass is 517 g/mol. The fourth-order valence-electron chi connectivity index (χ4n) is 4.17. The highest BCUT2D eigenvalue weighted by molar-refractivity contribution is 5.84. The van der Waals surface area contributed by atoms with Gasteiger partial charge in [-0.2, -0.15) is 5.10 Å². The average molecular weight is 518 g/mol. The highest BCUT2D eigenvalue weighted by atomic mass is 19.1. The molecule has 0 aliphatic carbocycles. The van der Waals surface area contributed by atoms with Crippen LogP contribution >= 0.6 is 0 Å². The Morgan fingerprint density at radius 2 is 1.79 bits per heavy atom. The van der Waals surface area contributed by atoms with E-state index in [9.17, 15) is 19.1 Å². The highest BCUT2D eigenvalue weighted by Gasteiger charge is 2.23. The van der Waals surface area contributed by atoms with Gasteiger partial charge in [0.15, 0.2) is 6.04 Å². The molecule has 0 radical (unpaired) electrons. The van der Waals surface area contributed by atoms with Crippen molar-refractivity contribution >= 4 is 11.9 Å². The number of carbonyl (C=O) groups excluding carboxylic acids is 1. The van der Waals surface area contributed by atoms with E-state index in [1.165, 1.54) is 19.2 Å². The van der Waals surface area contributed by atoms with Gasteiger partial charge in [-0.25, -0.2) is 13.9 Å². The maximum absolute atomic E-state index is 14.0. The predicted molar refractivity (Wildman–Crippen MR) is 140 cm³/mol. The Hall–Kier alpha value is -4.66. The van der Waals surface area contributed by atoms with Gasteiger partial charge in [0.25, 0.3) is 0 Å². The zero-order valence-corrected chi connectivity index (χ0v) is 21.3. The quantitative estimate of drug-likeness (QED) is 0.311. The lowest BCUT2D eigenvalue weighted by Crippen LogP contribution is -2.34. The van der Waals surface area contributed by atoms with Crippen LogP contribution in [0.3, 0.4) is 0 Å². The molecule has 1 aromatic heterocycles. The van der Waals surface area contributed by atoms with Crippen LogP contribution in [0.15, 0.2) is 72.8 Å². The summed E-state index contributed by atoms with van der Waals surface area (Å²) in [5.41, 5.74) is 3.83. The van der Waals surface area contributed by atoms with Crippen LogP contribution in [0.4, 0.5) is 4.39 Å². The van der Waals surface area contributed by atoms with Gasteiger partial charge >= 0.3 is 5.97 Å². The summed E-state index contributed by atoms with van der Waals surface area (Å²) >= 11 is 0. The SMILES string of the molecule is COc1ccc(-n2nc(CCC(=O)NC(C(=O)O)c3ccc(OC)c(C)c3)cc2-c2cccc(F)c2)cc1. The van der Waals surface area contributed by atoms with Crippen molar-refractivity contribution in [2.24, 2.45) is 0 Å². The lowest BCUT2D eigenvalue weighted by molar-refractivity contribution is -0.142. The molecule has 9 heteroatoms. The standard InChI is InChI=1S/C29H28FN3O5/c1-18-15-20(7-13-26(18)38-3)28(29(35)36)31-27(34)14-8-22-17-25(19-5-4-6-21(30)16-19)33(32-22)23-9-11-24(37-2)12-10-23/h4-7,9-13,15-17,28H,8,14H2,1-3H3,(H,31,34)(H,35,36). The van der Waals surface area contributed by atoms with Gasteiger partial charge in [-0.1, -0.05) is 18.2 Å². The van der Waals surface area contributed by atoms with Crippen LogP contribution in [0, 0.1) is 12.7 Å². The van der Waals surface area contributed by atoms with Crippen LogP contribution in [0.25, 0.3) is 16.9 Å². The van der Waals surface area contributed by atoms with Crippen molar-refractivity contribution in [1.29, 1.82) is 0 Å². The number of rotatable bonds is 10. The van der Waals surface area contributed by atoms with E-state index in [2.05, 4.69) is 10.4 Å². The molecule has 4 aromatic rings. The van der Waals surface area contributed by atoms with E-state index in [0.29, 0.717) is 34.0 Å². The number of amides is 1. The molecule has 8 nitrogen and oxygen atoms in total. The molecule has 1 amide bonds. The second kappa shape index (κ2) is 11.6. The van der Waals surface area contributed by atoms with Crippen molar-refractivity contribution in [3.8, 4) is 28.4 Å². The Bertz CT molecular complexity index is 1450. The lowest BCUT2D eigenvalue weighted by atomic mass is 10.0. The fraction of sp³-hybridized carbons (Fsp3) is 0.207. The second-order valence-corrected chi connectivity index (χ2v) is 8.71. The average Bonchev–Trinajstić information content (AvgIpc) is 3.35. The summed E-state index contributed by atoms with van der Waals surface area (Å²) in [7, 11) is 3.11. The number of hydrogen-bond donors (Lipinski definition) is 2. The van der Waals surface area contributed by atoms with Crippen LogP contribution < -0.4 is 14.8 Å². The molecule has 1 heterocycles. The molecule has 0 saturated heterocycles. The largest absolute Gasteiger partial charge is 0.497 e. The maximum atomic E-state index is 14.0. The van der Waals surface area contributed by atoms with E-state index in [1.807, 2.05) is 12.1 Å². The van der Waals surface area contributed by atoms with E-state index in [1.54, 1.807) is 67.2 Å². The van der Waals surface area contributed by atoms with Gasteiger partial charge in [-0.15, -0.1) is 0 Å². The molecule has 1 atom stereocenters. The lowest BCUT2D eigenvalue weighted by Gasteiger charge is -2.16. The third kappa shape index (κ3) is 6.00. The minimum Gasteiger partial charge on any atom is -0.497 e. The first-order valence-electron chi connectivity index (χ1n) is 11.9. The number of nitrogens with zero attached hydrogens (tertiary/aromatic N) is 2. The summed E-state index contributed by atoms with van der Waals surface area (Å²) in [6, 6.07) is 19.0. The summed E-state index contributed by atoms with van der Waals surface area (Å²) < 4.78 is 26.1. The van der Waals surface area contributed by atoms with Crippen molar-refractivity contribution in [1.82, 2.24) is 15.1 Å². The summed E-state index contributed by atoms with van der Waals surface area (Å²) in [5.74, 6) is -0.660. The van der Waals surface area contributed by atoms with Crippen molar-refractivity contribution in [2.75, 3.05) is 14.2 Å². The van der Waals surface area contributed by atoms with Crippen LogP contribution in [-0.2, 0) is 16.0 Å². The molecular formula is C29H28FN3O5. The third-order valence-electron chi connectivity index (χ3n) is 6.11. The highest BCUT2D eigenvalue weighted by Crippen LogP contribution is 2.27. The first-order valence-corrected chi connectivity index (χ1v) is 11.9. The summed E-state index contributed by atoms with van der Waals surface area (Å²) in [4.78, 5) is 24.7. The second-order valence-electron chi connectivity index (χ2n) is 8.71. The summed E-state index contributed by atoms with van der Waals surface area (Å²) in [6.45, 7) is 1.80. The Morgan fingerprint density at radius 3 is 2.42 bits per heavy atom. The number of benzene rings is 3. The van der Waals surface area contributed by atoms with Gasteiger partial charge in [0, 0.05) is 18.4 Å². The van der Waals surface area contributed by atoms with Gasteiger partial charge in [-0.3, -0.25) is 4.79 Å². The maximum Gasteiger partial charge on any atom is 0.330 e. The minimum absolute atomic E-state index is 0.0150. The van der Waals surface area contributed by atoms with Crippen LogP contribution in [-0.4, -0.2) is 41.0 Å². The van der Waals surface area contributed by atoms with Crippen molar-refractivity contribution in [2.45, 2.75) is 25.8 Å². The number of nitrogens with one attached hydrogen (secondary N) is 1. The number of halogens is 1. The number of methoxy groups -OCH3 is 2. The molecule has 0 fully saturated rings. The fourth-order valence-corrected chi connectivity index (χ4v) is 4.17. The van der Waals surface area contributed by atoms with Crippen molar-refractivity contribution in [3.05, 3.63) is 95.4 Å². The smallest absolute Gasteiger partial charge is 0.330 e. The zero-order valence-electron chi connectivity index (χ0n) is 21.3. The molecule has 196 valence electrons. The molecule has 3 aromatic carbocycles. The first kappa shape index (κ1) is 26.4. The van der Waals surface area contributed by atoms with Crippen molar-refractivity contribution < 1.29 is 28.6 Å². The van der Waals surface area contributed by atoms with Gasteiger partial charge in [0.05, 0.1) is 31.3 Å². The Labute approximate surface area is 219 Å². The molecule has 0 aliphatic heterocycles. The molecule has 2 N–H and O–H groups in total. The summed E-state index contributed by atoms with van der Waals surface area (Å²) in [5, 5.41) is 17.0. The number of ether oxygens (including phenoxy) is 2. The van der Waals surface area contributed by atoms with Gasteiger partial charge in [0.2, 0.25) is 5.91 Å². The predicted octanol–water partition coefficient (Wildman–Crippen LogP) is 4.88. The molecule has 1 unspecified atom stereocenters. The minimum atomic E-state index is -1.20. The van der Waals surface area contributed by atoms with Crippen LogP contribution in [0.1, 0.15) is 29.3 Å². The van der Waals surface area contributed by atoms with E-state index in [0.717, 1.165) is 11.3 Å².